The summed E-state index contributed by atoms with van der Waals surface area (Å²) in [5.41, 5.74) is -1.63. The van der Waals surface area contributed by atoms with Gasteiger partial charge in [0.2, 0.25) is 0 Å². The molecule has 2 atom stereocenters. The van der Waals surface area contributed by atoms with E-state index in [1.807, 2.05) is 0 Å². The maximum absolute atomic E-state index is 12.3. The number of ether oxygens (including phenoxy) is 1. The van der Waals surface area contributed by atoms with Gasteiger partial charge in [-0.1, -0.05) is 12.8 Å². The second kappa shape index (κ2) is 8.49. The highest BCUT2D eigenvalue weighted by Crippen LogP contribution is 2.23. The normalized spacial score (nSPS) is 19.7. The van der Waals surface area contributed by atoms with E-state index < -0.39 is 47.5 Å². The fraction of sp³-hybridized carbons (Fsp3) is 0.667. The molecular formula is C18H28N4O6. The number of nitrogens with zero attached hydrogens (tertiary/aromatic N) is 2. The highest BCUT2D eigenvalue weighted by atomic mass is 16.6. The third-order valence-corrected chi connectivity index (χ3v) is 4.49. The van der Waals surface area contributed by atoms with Gasteiger partial charge in [0, 0.05) is 11.8 Å². The van der Waals surface area contributed by atoms with Gasteiger partial charge in [0.1, 0.15) is 12.1 Å². The summed E-state index contributed by atoms with van der Waals surface area (Å²) >= 11 is 0. The van der Waals surface area contributed by atoms with Gasteiger partial charge < -0.3 is 15.2 Å². The van der Waals surface area contributed by atoms with Crippen LogP contribution in [0.5, 0.6) is 0 Å². The summed E-state index contributed by atoms with van der Waals surface area (Å²) in [7, 11) is 0. The molecule has 2 rings (SSSR count). The molecule has 28 heavy (non-hydrogen) atoms. The number of aliphatic carboxylic acids is 1. The van der Waals surface area contributed by atoms with Crippen molar-refractivity contribution in [3.63, 3.8) is 0 Å². The number of carboxylic acid groups (broad SMARTS) is 1. The predicted octanol–water partition coefficient (Wildman–Crippen LogP) is 0.704. The molecule has 1 aromatic heterocycles. The second-order valence-electron chi connectivity index (χ2n) is 8.01. The number of aromatic nitrogens is 2. The minimum Gasteiger partial charge on any atom is -0.480 e. The Kier molecular flexibility index (Phi) is 6.52. The van der Waals surface area contributed by atoms with Crippen LogP contribution < -0.4 is 21.6 Å². The van der Waals surface area contributed by atoms with Crippen molar-refractivity contribution in [3.8, 4) is 0 Å². The molecule has 3 N–H and O–H groups in total. The lowest BCUT2D eigenvalue weighted by atomic mass is 9.90. The lowest BCUT2D eigenvalue weighted by Gasteiger charge is -2.41. The molecule has 0 aliphatic heterocycles. The van der Waals surface area contributed by atoms with Gasteiger partial charge in [-0.25, -0.2) is 14.3 Å². The van der Waals surface area contributed by atoms with Crippen LogP contribution in [0.25, 0.3) is 0 Å². The van der Waals surface area contributed by atoms with Crippen molar-refractivity contribution in [2.45, 2.75) is 71.1 Å². The third kappa shape index (κ3) is 5.61. The Labute approximate surface area is 162 Å². The maximum atomic E-state index is 12.3. The average Bonchev–Trinajstić information content (AvgIpc) is 2.55. The molecule has 0 unspecified atom stereocenters. The van der Waals surface area contributed by atoms with Crippen molar-refractivity contribution in [2.75, 3.05) is 11.6 Å². The van der Waals surface area contributed by atoms with Crippen LogP contribution in [-0.4, -0.2) is 51.1 Å². The molecule has 10 nitrogen and oxygen atoms in total. The quantitative estimate of drug-likeness (QED) is 0.667. The molecule has 0 aromatic carbocycles. The van der Waals surface area contributed by atoms with Crippen LogP contribution in [0.2, 0.25) is 0 Å². The molecule has 10 heteroatoms. The molecule has 1 aromatic rings. The average molecular weight is 396 g/mol. The number of hydrogen-bond acceptors (Lipinski definition) is 6. The topological polar surface area (TPSA) is 134 Å². The van der Waals surface area contributed by atoms with Crippen molar-refractivity contribution in [3.05, 3.63) is 32.6 Å². The van der Waals surface area contributed by atoms with Gasteiger partial charge in [-0.2, -0.15) is 0 Å². The number of hydrogen-bond donors (Lipinski definition) is 3. The zero-order chi connectivity index (χ0) is 21.1. The number of alkyl carbamates (subject to hydrolysis) is 1. The van der Waals surface area contributed by atoms with Crippen LogP contribution in [0.3, 0.4) is 0 Å². The molecule has 1 amide bonds. The fourth-order valence-electron chi connectivity index (χ4n) is 3.33. The molecule has 0 saturated heterocycles. The first kappa shape index (κ1) is 21.5. The van der Waals surface area contributed by atoms with Crippen molar-refractivity contribution < 1.29 is 19.4 Å². The molecule has 156 valence electrons. The summed E-state index contributed by atoms with van der Waals surface area (Å²) < 4.78 is 6.43. The highest BCUT2D eigenvalue weighted by Gasteiger charge is 2.34. The summed E-state index contributed by atoms with van der Waals surface area (Å²) in [6, 6.07) is -0.845. The lowest BCUT2D eigenvalue weighted by Crippen LogP contribution is -2.61. The van der Waals surface area contributed by atoms with Gasteiger partial charge >= 0.3 is 17.8 Å². The number of amides is 1. The van der Waals surface area contributed by atoms with E-state index in [1.165, 1.54) is 18.1 Å². The molecule has 1 fully saturated rings. The SMILES string of the molecule is Cc1cn(N(CC(=O)O)[C@H]2CCCC[C@H]2NC(=O)OC(C)(C)C)c(=O)[nH]c1=O. The smallest absolute Gasteiger partial charge is 0.407 e. The van der Waals surface area contributed by atoms with Crippen LogP contribution in [-0.2, 0) is 9.53 Å². The number of carbonyl (C=O) groups excluding carboxylic acids is 1. The van der Waals surface area contributed by atoms with E-state index in [2.05, 4.69) is 10.3 Å². The molecule has 0 bridgehead atoms. The molecule has 0 radical (unpaired) electrons. The number of nitrogens with one attached hydrogen (secondary N) is 2. The van der Waals surface area contributed by atoms with Crippen LogP contribution in [0.1, 0.15) is 52.0 Å². The van der Waals surface area contributed by atoms with Crippen molar-refractivity contribution in [2.24, 2.45) is 0 Å². The minimum absolute atomic E-state index is 0.280. The van der Waals surface area contributed by atoms with Crippen LogP contribution in [0.15, 0.2) is 15.8 Å². The standard InChI is InChI=1S/C18H28N4O6/c1-11-9-22(16(26)20-15(11)25)21(10-14(23)24)13-8-6-5-7-12(13)19-17(27)28-18(2,3)4/h9,12-13H,5-8,10H2,1-4H3,(H,19,27)(H,23,24)(H,20,25,26)/t12-,13+/m1/s1. The van der Waals surface area contributed by atoms with E-state index in [4.69, 9.17) is 4.74 Å². The number of aromatic amines is 1. The Hall–Kier alpha value is -2.78. The van der Waals surface area contributed by atoms with Crippen LogP contribution in [0, 0.1) is 6.92 Å². The summed E-state index contributed by atoms with van der Waals surface area (Å²) in [5.74, 6) is -1.13. The zero-order valence-electron chi connectivity index (χ0n) is 16.7. The molecular weight excluding hydrogens is 368 g/mol. The lowest BCUT2D eigenvalue weighted by molar-refractivity contribution is -0.135. The van der Waals surface area contributed by atoms with Crippen molar-refractivity contribution in [1.29, 1.82) is 0 Å². The highest BCUT2D eigenvalue weighted by molar-refractivity contribution is 5.71. The monoisotopic (exact) mass is 396 g/mol. The molecule has 1 saturated carbocycles. The Bertz CT molecular complexity index is 838. The van der Waals surface area contributed by atoms with Crippen LogP contribution >= 0.6 is 0 Å². The summed E-state index contributed by atoms with van der Waals surface area (Å²) in [4.78, 5) is 49.9. The third-order valence-electron chi connectivity index (χ3n) is 4.49. The molecule has 1 aliphatic carbocycles. The van der Waals surface area contributed by atoms with Crippen molar-refractivity contribution in [1.82, 2.24) is 15.0 Å². The number of H-pyrrole nitrogens is 1. The zero-order valence-corrected chi connectivity index (χ0v) is 16.7. The Balaban J connectivity index is 2.36. The summed E-state index contributed by atoms with van der Waals surface area (Å²) in [6.45, 7) is 6.34. The summed E-state index contributed by atoms with van der Waals surface area (Å²) in [5, 5.41) is 13.6. The van der Waals surface area contributed by atoms with Gasteiger partial charge in [-0.05, 0) is 40.5 Å². The van der Waals surface area contributed by atoms with E-state index in [9.17, 15) is 24.3 Å². The Morgan fingerprint density at radius 1 is 1.32 bits per heavy atom. The molecule has 1 aliphatic rings. The van der Waals surface area contributed by atoms with E-state index in [1.54, 1.807) is 20.8 Å². The Morgan fingerprint density at radius 2 is 1.96 bits per heavy atom. The minimum atomic E-state index is -1.13. The fourth-order valence-corrected chi connectivity index (χ4v) is 3.33. The number of carboxylic acids is 1. The van der Waals surface area contributed by atoms with Gasteiger partial charge in [-0.15, -0.1) is 0 Å². The number of carbonyl (C=O) groups is 2. The first-order chi connectivity index (χ1) is 13.0. The Morgan fingerprint density at radius 3 is 2.57 bits per heavy atom. The van der Waals surface area contributed by atoms with Gasteiger partial charge in [0.25, 0.3) is 5.56 Å². The number of rotatable bonds is 5. The first-order valence-corrected chi connectivity index (χ1v) is 9.29. The van der Waals surface area contributed by atoms with Crippen molar-refractivity contribution >= 4 is 12.1 Å². The largest absolute Gasteiger partial charge is 0.480 e. The maximum Gasteiger partial charge on any atom is 0.407 e. The van der Waals surface area contributed by atoms with Crippen LogP contribution in [0.4, 0.5) is 4.79 Å². The van der Waals surface area contributed by atoms with Gasteiger partial charge in [0.15, 0.2) is 0 Å². The molecule has 1 heterocycles. The van der Waals surface area contributed by atoms with E-state index >= 15 is 0 Å². The van der Waals surface area contributed by atoms with E-state index in [0.717, 1.165) is 17.5 Å². The second-order valence-corrected chi connectivity index (χ2v) is 8.01. The molecule has 0 spiro atoms. The van der Waals surface area contributed by atoms with Gasteiger partial charge in [-0.3, -0.25) is 19.6 Å². The van der Waals surface area contributed by atoms with E-state index in [0.29, 0.717) is 12.8 Å². The van der Waals surface area contributed by atoms with E-state index in [-0.39, 0.29) is 5.56 Å². The number of aryl methyl sites for hydroxylation is 1. The first-order valence-electron chi connectivity index (χ1n) is 9.29. The summed E-state index contributed by atoms with van der Waals surface area (Å²) in [6.07, 6.45) is 3.62. The predicted molar refractivity (Wildman–Crippen MR) is 102 cm³/mol. The van der Waals surface area contributed by atoms with Gasteiger partial charge in [0.05, 0.1) is 12.1 Å².